The summed E-state index contributed by atoms with van der Waals surface area (Å²) in [5.74, 6) is -0.0609. The van der Waals surface area contributed by atoms with Crippen LogP contribution in [0.4, 0.5) is 0 Å². The summed E-state index contributed by atoms with van der Waals surface area (Å²) < 4.78 is 16.1. The summed E-state index contributed by atoms with van der Waals surface area (Å²) in [5, 5.41) is 10.9. The van der Waals surface area contributed by atoms with E-state index in [-0.39, 0.29) is 22.9 Å². The quantitative estimate of drug-likeness (QED) is 0.0823. The van der Waals surface area contributed by atoms with E-state index in [9.17, 15) is 19.2 Å². The molecule has 108 heavy (non-hydrogen) atoms. The van der Waals surface area contributed by atoms with E-state index in [0.29, 0.717) is 46.9 Å². The monoisotopic (exact) mass is 1430 g/mol. The van der Waals surface area contributed by atoms with E-state index in [1.54, 1.807) is 29.5 Å². The molecule has 536 valence electrons. The third kappa shape index (κ3) is 11.1. The van der Waals surface area contributed by atoms with E-state index in [1.165, 1.54) is 11.4 Å². The molecule has 28 nitrogen and oxygen atoms in total. The molecule has 0 saturated carbocycles. The van der Waals surface area contributed by atoms with Crippen molar-refractivity contribution in [1.29, 1.82) is 0 Å². The molecule has 0 radical (unpaired) electrons. The van der Waals surface area contributed by atoms with Crippen molar-refractivity contribution < 1.29 is 9.59 Å². The molecule has 0 fully saturated rings. The van der Waals surface area contributed by atoms with E-state index in [2.05, 4.69) is 147 Å². The lowest BCUT2D eigenvalue weighted by atomic mass is 10.2. The van der Waals surface area contributed by atoms with Crippen LogP contribution in [0.2, 0.25) is 0 Å². The molecule has 28 heteroatoms. The van der Waals surface area contributed by atoms with Gasteiger partial charge in [-0.15, -0.1) is 0 Å². The second kappa shape index (κ2) is 26.0. The van der Waals surface area contributed by atoms with Crippen LogP contribution in [0.5, 0.6) is 0 Å². The molecule has 0 aliphatic carbocycles. The molecule has 0 spiro atoms. The molecule has 24 rings (SSSR count). The number of nitrogens with zero attached hydrogens (tertiary/aromatic N) is 18. The standard InChI is InChI=1S/C10H7N3O2.2C10H9N3O.4C10H9N3.C10H11N3/c1-5-8-10(15)12-9(14)6-3-2-4-7(11-5)13(6)8;1-6-8-5-11-10(14)7-3-2-4-9(12-6)13(7)8;1-6-9-10(14)11-5-7-3-2-4-8(12-6)13(7)9;2*1-6-10-7(2)12-9-5-3-4-8(11-6)13(9)10;2*1-6-8-4-3-5-9-11-7(2)10(12-6)13(8)9;1-7-9-6-11-5-8-3-2-4-10(12-7)13(8)9/h2-4H,1H3,(H,12,14,15);2*2-4H,5H2,1H3,(H,11,14);3-5H,1-2H3;3-5,11H,1H2,2H3;3-5H,1-2H3;3-5,12H,1H2,2H3;2-4,11H,5-6H2,1H3. The van der Waals surface area contributed by atoms with Crippen molar-refractivity contribution >= 4 is 126 Å². The number of hydrogen-bond acceptors (Lipinski definition) is 15. The average Bonchev–Trinajstić information content (AvgIpc) is 1.67. The fourth-order valence-corrected chi connectivity index (χ4v) is 15.1. The van der Waals surface area contributed by atoms with Crippen LogP contribution in [0.1, 0.15) is 101 Å². The van der Waals surface area contributed by atoms with E-state index in [0.717, 1.165) is 171 Å². The van der Waals surface area contributed by atoms with Gasteiger partial charge in [0.05, 0.1) is 114 Å². The van der Waals surface area contributed by atoms with Crippen molar-refractivity contribution in [2.45, 2.75) is 95.4 Å². The number of hydrogen-bond donors (Lipinski definition) is 6. The number of aromatic nitrogens is 21. The lowest BCUT2D eigenvalue weighted by Gasteiger charge is -2.15. The second-order valence-electron chi connectivity index (χ2n) is 26.9. The molecule has 21 aromatic heterocycles. The predicted molar refractivity (Wildman–Crippen MR) is 416 cm³/mol. The number of carbonyl (C=O) groups is 2. The van der Waals surface area contributed by atoms with Gasteiger partial charge >= 0.3 is 0 Å². The first-order chi connectivity index (χ1) is 52.2. The summed E-state index contributed by atoms with van der Waals surface area (Å²) in [6.45, 7) is 30.7. The topological polar surface area (TPSA) is 316 Å². The molecule has 3 aliphatic rings. The molecular formula is C80H72N24O4. The Bertz CT molecular complexity index is 7280. The smallest absolute Gasteiger partial charge is 0.277 e. The number of rotatable bonds is 0. The van der Waals surface area contributed by atoms with E-state index in [4.69, 9.17) is 0 Å². The number of nitrogens with one attached hydrogen (secondary N) is 6. The summed E-state index contributed by atoms with van der Waals surface area (Å²) >= 11 is 0. The van der Waals surface area contributed by atoms with E-state index < -0.39 is 0 Å². The molecule has 0 saturated heterocycles. The number of H-pyrrole nitrogens is 3. The molecule has 3 aliphatic heterocycles. The maximum atomic E-state index is 11.6. The van der Waals surface area contributed by atoms with E-state index >= 15 is 0 Å². The largest absolute Gasteiger partial charge is 0.345 e. The van der Waals surface area contributed by atoms with Gasteiger partial charge in [0, 0.05) is 24.5 Å². The zero-order chi connectivity index (χ0) is 74.8. The number of pyridine rings is 8. The Morgan fingerprint density at radius 3 is 1.46 bits per heavy atom. The van der Waals surface area contributed by atoms with Gasteiger partial charge in [-0.25, -0.2) is 49.8 Å². The first-order valence-electron chi connectivity index (χ1n) is 35.1. The Balaban J connectivity index is 0.0000000904. The first kappa shape index (κ1) is 67.2. The maximum Gasteiger partial charge on any atom is 0.277 e. The Labute approximate surface area is 611 Å². The number of imidazole rings is 12. The van der Waals surface area contributed by atoms with Gasteiger partial charge in [-0.2, -0.15) is 0 Å². The SMILES string of the molecule is C=c1[nH]c2c(C)nc3cccc1n32.C=c1[nH]c2cccc3nc(C)c1n32.Cc1nc2c(C)nc3cccc1n32.Cc1nc2cccc3c(=O)[nH]c(=O)c1n23.Cc1nc2cccc3n2c1C(=O)NC3.Cc1nc2cccc3n2c1CNC3.Cc1nc2cccc3n2c1CNC3=O.Cc1nc2cccc3nc(C)c1n23. The summed E-state index contributed by atoms with van der Waals surface area (Å²) in [5.41, 5.74) is 32.0. The fraction of sp³-hybridized carbons (Fsp3) is 0.175. The van der Waals surface area contributed by atoms with Gasteiger partial charge < -0.3 is 25.9 Å². The minimum absolute atomic E-state index is 0.0273. The highest BCUT2D eigenvalue weighted by Crippen LogP contribution is 2.26. The van der Waals surface area contributed by atoms with Gasteiger partial charge in [-0.1, -0.05) is 61.7 Å². The lowest BCUT2D eigenvalue weighted by molar-refractivity contribution is 0.0927. The van der Waals surface area contributed by atoms with Crippen LogP contribution in [-0.4, -0.2) is 112 Å². The third-order valence-corrected chi connectivity index (χ3v) is 19.9. The summed E-state index contributed by atoms with van der Waals surface area (Å²) in [6, 6.07) is 47.1. The fourth-order valence-electron chi connectivity index (χ4n) is 15.1. The van der Waals surface area contributed by atoms with E-state index in [1.807, 2.05) is 167 Å². The van der Waals surface area contributed by atoms with Crippen LogP contribution in [0.15, 0.2) is 155 Å². The minimum Gasteiger partial charge on any atom is -0.345 e. The van der Waals surface area contributed by atoms with Crippen LogP contribution >= 0.6 is 0 Å². The van der Waals surface area contributed by atoms with Gasteiger partial charge in [0.25, 0.3) is 22.9 Å². The zero-order valence-electron chi connectivity index (χ0n) is 60.8. The predicted octanol–water partition coefficient (Wildman–Crippen LogP) is 9.68. The van der Waals surface area contributed by atoms with Crippen molar-refractivity contribution in [2.75, 3.05) is 0 Å². The molecule has 0 atom stereocenters. The van der Waals surface area contributed by atoms with Gasteiger partial charge in [-0.3, -0.25) is 59.4 Å². The van der Waals surface area contributed by atoms with Crippen LogP contribution in [-0.2, 0) is 26.2 Å². The van der Waals surface area contributed by atoms with Crippen LogP contribution in [0.3, 0.4) is 0 Å². The van der Waals surface area contributed by atoms with Crippen molar-refractivity contribution in [1.82, 2.24) is 116 Å². The Morgan fingerprint density at radius 2 is 0.787 bits per heavy atom. The number of carbonyl (C=O) groups excluding carboxylic acids is 2. The van der Waals surface area contributed by atoms with Crippen molar-refractivity contribution in [2.24, 2.45) is 0 Å². The molecule has 6 N–H and O–H groups in total. The number of aryl methyl sites for hydroxylation is 10. The van der Waals surface area contributed by atoms with Gasteiger partial charge in [0.15, 0.2) is 5.65 Å². The first-order valence-corrected chi connectivity index (χ1v) is 35.1. The third-order valence-electron chi connectivity index (χ3n) is 19.9. The molecule has 0 unspecified atom stereocenters. The highest BCUT2D eigenvalue weighted by atomic mass is 16.2. The Kier molecular flexibility index (Phi) is 16.2. The van der Waals surface area contributed by atoms with Gasteiger partial charge in [0.2, 0.25) is 0 Å². The summed E-state index contributed by atoms with van der Waals surface area (Å²) in [4.78, 5) is 99.0. The Hall–Kier alpha value is -14.0. The zero-order valence-corrected chi connectivity index (χ0v) is 60.8. The Morgan fingerprint density at radius 1 is 0.315 bits per heavy atom. The highest BCUT2D eigenvalue weighted by Gasteiger charge is 2.24. The highest BCUT2D eigenvalue weighted by molar-refractivity contribution is 5.96. The van der Waals surface area contributed by atoms with Gasteiger partial charge in [0.1, 0.15) is 84.5 Å². The summed E-state index contributed by atoms with van der Waals surface area (Å²) in [7, 11) is 0. The summed E-state index contributed by atoms with van der Waals surface area (Å²) in [6.07, 6.45) is 0. The van der Waals surface area contributed by atoms with Crippen molar-refractivity contribution in [3.8, 4) is 0 Å². The molecule has 0 aromatic carbocycles. The van der Waals surface area contributed by atoms with Crippen LogP contribution < -0.4 is 37.8 Å². The molecule has 24 heterocycles. The minimum atomic E-state index is -0.385. The molecule has 2 amide bonds. The van der Waals surface area contributed by atoms with Gasteiger partial charge in [-0.05, 0) is 166 Å². The maximum absolute atomic E-state index is 11.6. The van der Waals surface area contributed by atoms with Crippen LogP contribution in [0, 0.1) is 69.2 Å². The van der Waals surface area contributed by atoms with Crippen molar-refractivity contribution in [3.63, 3.8) is 0 Å². The van der Waals surface area contributed by atoms with Crippen molar-refractivity contribution in [3.05, 3.63) is 268 Å². The second-order valence-corrected chi connectivity index (χ2v) is 26.9. The molecule has 0 bridgehead atoms. The number of aromatic amines is 3. The normalized spacial score (nSPS) is 12.9. The average molecular weight is 1430 g/mol. The molecular weight excluding hydrogens is 1360 g/mol. The lowest BCUT2D eigenvalue weighted by Crippen LogP contribution is -2.31. The molecule has 21 aromatic rings. The van der Waals surface area contributed by atoms with Crippen LogP contribution in [0.25, 0.3) is 114 Å². The number of amides is 2.